The number of hydrogen-bond acceptors (Lipinski definition) is 5. The van der Waals surface area contributed by atoms with E-state index < -0.39 is 23.8 Å². The van der Waals surface area contributed by atoms with Crippen molar-refractivity contribution < 1.29 is 23.9 Å². The van der Waals surface area contributed by atoms with Gasteiger partial charge in [0.1, 0.15) is 24.3 Å². The van der Waals surface area contributed by atoms with E-state index in [1.165, 1.54) is 0 Å². The van der Waals surface area contributed by atoms with Gasteiger partial charge in [-0.25, -0.2) is 9.59 Å². The summed E-state index contributed by atoms with van der Waals surface area (Å²) in [7, 11) is 0. The number of amides is 2. The molecule has 7 heteroatoms. The minimum atomic E-state index is -0.788. The first-order chi connectivity index (χ1) is 14.2. The van der Waals surface area contributed by atoms with Crippen molar-refractivity contribution in [3.05, 3.63) is 35.9 Å². The Morgan fingerprint density at radius 3 is 2.53 bits per heavy atom. The Labute approximate surface area is 178 Å². The van der Waals surface area contributed by atoms with Gasteiger partial charge in [-0.2, -0.15) is 0 Å². The number of rotatable bonds is 5. The number of nitrogens with one attached hydrogen (secondary N) is 1. The standard InChI is InChI=1S/C23H32N2O5/c1-15(24-22(28)30-23(2,3)4)20(26)25-18-12-8-11-17(18)13-19(25)21(27)29-14-16-9-6-5-7-10-16/h5-7,9-10,15,17-19H,8,11-14H2,1-4H3,(H,24,28)/t15?,17-,18-,19-/m0/s1. The topological polar surface area (TPSA) is 84.9 Å². The van der Waals surface area contributed by atoms with Gasteiger partial charge in [-0.15, -0.1) is 0 Å². The van der Waals surface area contributed by atoms with E-state index in [-0.39, 0.29) is 24.5 Å². The van der Waals surface area contributed by atoms with E-state index in [9.17, 15) is 14.4 Å². The SMILES string of the molecule is CC(NC(=O)OC(C)(C)C)C(=O)N1[C@H](C(=O)OCc2ccccc2)C[C@@H]2CCC[C@@H]21. The minimum absolute atomic E-state index is 0.0228. The summed E-state index contributed by atoms with van der Waals surface area (Å²) in [6.07, 6.45) is 2.89. The van der Waals surface area contributed by atoms with Crippen LogP contribution in [0, 0.1) is 5.92 Å². The Morgan fingerprint density at radius 2 is 1.87 bits per heavy atom. The normalized spacial score (nSPS) is 24.1. The summed E-state index contributed by atoms with van der Waals surface area (Å²) >= 11 is 0. The molecule has 1 N–H and O–H groups in total. The maximum atomic E-state index is 13.2. The number of nitrogens with zero attached hydrogens (tertiary/aromatic N) is 1. The summed E-state index contributed by atoms with van der Waals surface area (Å²) in [6, 6.07) is 8.10. The van der Waals surface area contributed by atoms with Crippen molar-refractivity contribution in [1.82, 2.24) is 10.2 Å². The van der Waals surface area contributed by atoms with Crippen LogP contribution in [0.15, 0.2) is 30.3 Å². The van der Waals surface area contributed by atoms with Crippen LogP contribution in [0.4, 0.5) is 4.79 Å². The van der Waals surface area contributed by atoms with Crippen LogP contribution in [0.2, 0.25) is 0 Å². The molecule has 4 atom stereocenters. The van der Waals surface area contributed by atoms with Crippen LogP contribution >= 0.6 is 0 Å². The first-order valence-electron chi connectivity index (χ1n) is 10.7. The summed E-state index contributed by atoms with van der Waals surface area (Å²) in [5.41, 5.74) is 0.253. The fourth-order valence-corrected chi connectivity index (χ4v) is 4.41. The van der Waals surface area contributed by atoms with Crippen molar-refractivity contribution in [1.29, 1.82) is 0 Å². The number of esters is 1. The zero-order chi connectivity index (χ0) is 21.9. The Bertz CT molecular complexity index is 774. The van der Waals surface area contributed by atoms with Crippen LogP contribution in [-0.2, 0) is 25.7 Å². The number of carbonyl (C=O) groups excluding carboxylic acids is 3. The predicted octanol–water partition coefficient (Wildman–Crippen LogP) is 3.41. The Balaban J connectivity index is 1.66. The molecule has 1 aliphatic carbocycles. The molecule has 2 fully saturated rings. The molecule has 164 valence electrons. The molecule has 1 heterocycles. The highest BCUT2D eigenvalue weighted by molar-refractivity contribution is 5.90. The molecule has 1 aliphatic heterocycles. The fourth-order valence-electron chi connectivity index (χ4n) is 4.41. The van der Waals surface area contributed by atoms with Crippen molar-refractivity contribution in [2.75, 3.05) is 0 Å². The molecule has 1 saturated carbocycles. The summed E-state index contributed by atoms with van der Waals surface area (Å²) in [4.78, 5) is 39.8. The summed E-state index contributed by atoms with van der Waals surface area (Å²) in [5.74, 6) is -0.347. The molecule has 0 aromatic heterocycles. The lowest BCUT2D eigenvalue weighted by molar-refractivity contribution is -0.156. The second-order valence-corrected chi connectivity index (χ2v) is 9.22. The van der Waals surface area contributed by atoms with Crippen LogP contribution in [-0.4, -0.2) is 46.6 Å². The van der Waals surface area contributed by atoms with E-state index in [1.54, 1.807) is 32.6 Å². The van der Waals surface area contributed by atoms with Crippen molar-refractivity contribution >= 4 is 18.0 Å². The first-order valence-corrected chi connectivity index (χ1v) is 10.7. The van der Waals surface area contributed by atoms with Crippen molar-refractivity contribution in [2.45, 2.75) is 83.7 Å². The number of alkyl carbamates (subject to hydrolysis) is 1. The van der Waals surface area contributed by atoms with E-state index in [4.69, 9.17) is 9.47 Å². The van der Waals surface area contributed by atoms with E-state index >= 15 is 0 Å². The number of fused-ring (bicyclic) bond motifs is 1. The average molecular weight is 417 g/mol. The van der Waals surface area contributed by atoms with Gasteiger partial charge < -0.3 is 19.7 Å². The van der Waals surface area contributed by atoms with E-state index in [0.29, 0.717) is 12.3 Å². The maximum absolute atomic E-state index is 13.2. The third kappa shape index (κ3) is 5.32. The van der Waals surface area contributed by atoms with Gasteiger partial charge in [0.05, 0.1) is 0 Å². The zero-order valence-corrected chi connectivity index (χ0v) is 18.2. The van der Waals surface area contributed by atoms with Crippen LogP contribution in [0.1, 0.15) is 58.9 Å². The van der Waals surface area contributed by atoms with Gasteiger partial charge in [-0.05, 0) is 58.4 Å². The third-order valence-electron chi connectivity index (χ3n) is 5.69. The molecular weight excluding hydrogens is 384 g/mol. The van der Waals surface area contributed by atoms with Crippen LogP contribution in [0.25, 0.3) is 0 Å². The van der Waals surface area contributed by atoms with Gasteiger partial charge in [0, 0.05) is 6.04 Å². The average Bonchev–Trinajstić information content (AvgIpc) is 3.25. The Kier molecular flexibility index (Phi) is 6.68. The number of hydrogen-bond donors (Lipinski definition) is 1. The molecule has 1 unspecified atom stereocenters. The second-order valence-electron chi connectivity index (χ2n) is 9.22. The van der Waals surface area contributed by atoms with Crippen LogP contribution < -0.4 is 5.32 Å². The van der Waals surface area contributed by atoms with Gasteiger partial charge >= 0.3 is 12.1 Å². The highest BCUT2D eigenvalue weighted by Crippen LogP contribution is 2.42. The van der Waals surface area contributed by atoms with Gasteiger partial charge in [0.15, 0.2) is 0 Å². The minimum Gasteiger partial charge on any atom is -0.459 e. The van der Waals surface area contributed by atoms with Gasteiger partial charge in [0.2, 0.25) is 5.91 Å². The molecule has 7 nitrogen and oxygen atoms in total. The molecule has 1 saturated heterocycles. The van der Waals surface area contributed by atoms with Crippen molar-refractivity contribution in [3.8, 4) is 0 Å². The second kappa shape index (κ2) is 9.06. The highest BCUT2D eigenvalue weighted by Gasteiger charge is 2.50. The third-order valence-corrected chi connectivity index (χ3v) is 5.69. The molecule has 1 aromatic rings. The lowest BCUT2D eigenvalue weighted by Gasteiger charge is -2.31. The first kappa shape index (κ1) is 22.1. The molecule has 30 heavy (non-hydrogen) atoms. The summed E-state index contributed by atoms with van der Waals surface area (Å²) < 4.78 is 10.8. The molecule has 2 aliphatic rings. The molecule has 0 bridgehead atoms. The zero-order valence-electron chi connectivity index (χ0n) is 18.2. The molecule has 0 spiro atoms. The summed E-state index contributed by atoms with van der Waals surface area (Å²) in [5, 5.41) is 2.61. The molecule has 0 radical (unpaired) electrons. The fraction of sp³-hybridized carbons (Fsp3) is 0.609. The molecule has 3 rings (SSSR count). The molecular formula is C23H32N2O5. The smallest absolute Gasteiger partial charge is 0.408 e. The monoisotopic (exact) mass is 416 g/mol. The van der Waals surface area contributed by atoms with Crippen LogP contribution in [0.3, 0.4) is 0 Å². The number of likely N-dealkylation sites (tertiary alicyclic amines) is 1. The quantitative estimate of drug-likeness (QED) is 0.744. The molecule has 2 amide bonds. The lowest BCUT2D eigenvalue weighted by atomic mass is 10.0. The number of ether oxygens (including phenoxy) is 2. The number of carbonyl (C=O) groups is 3. The summed E-state index contributed by atoms with van der Waals surface area (Å²) in [6.45, 7) is 7.10. The van der Waals surface area contributed by atoms with E-state index in [0.717, 1.165) is 24.8 Å². The Hall–Kier alpha value is -2.57. The van der Waals surface area contributed by atoms with Crippen LogP contribution in [0.5, 0.6) is 0 Å². The van der Waals surface area contributed by atoms with Crippen molar-refractivity contribution in [2.24, 2.45) is 5.92 Å². The van der Waals surface area contributed by atoms with Gasteiger partial charge in [-0.1, -0.05) is 36.8 Å². The van der Waals surface area contributed by atoms with E-state index in [2.05, 4.69) is 5.32 Å². The Morgan fingerprint density at radius 1 is 1.17 bits per heavy atom. The lowest BCUT2D eigenvalue weighted by Crippen LogP contribution is -2.53. The predicted molar refractivity (Wildman–Crippen MR) is 111 cm³/mol. The van der Waals surface area contributed by atoms with Gasteiger partial charge in [-0.3, -0.25) is 4.79 Å². The maximum Gasteiger partial charge on any atom is 0.408 e. The van der Waals surface area contributed by atoms with Crippen molar-refractivity contribution in [3.63, 3.8) is 0 Å². The number of benzene rings is 1. The molecule has 1 aromatic carbocycles. The highest BCUT2D eigenvalue weighted by atomic mass is 16.6. The van der Waals surface area contributed by atoms with E-state index in [1.807, 2.05) is 30.3 Å². The largest absolute Gasteiger partial charge is 0.459 e. The van der Waals surface area contributed by atoms with Gasteiger partial charge in [0.25, 0.3) is 0 Å².